The predicted molar refractivity (Wildman–Crippen MR) is 181 cm³/mol. The maximum absolute atomic E-state index is 9.43. The number of nitrogens with zero attached hydrogens (tertiary/aromatic N) is 3. The normalized spacial score (nSPS) is 11.8. The SMILES string of the molecule is CC(C)(O)c1ccccn1.Cc1cnc2c3[c-]cccc3c3cc(-c4c(C(C)C)cc(C(C)C)cc4C(C)C)ccc3n12.[Ir]. The van der Waals surface area contributed by atoms with Gasteiger partial charge in [0.15, 0.2) is 0 Å². The standard InChI is InChI=1S/C31H33N2.C8H11NO.Ir/c1-18(2)23-15-26(19(3)4)30(27(16-23)20(5)6)22-12-13-29-28(14-22)24-10-8-9-11-25(24)31-32-17-21(7)33(29)31;1-8(2,10)7-5-3-4-6-9-7;/h8-10,12-20H,1-7H3;3-6,10H,1-2H3;/q-1;;. The van der Waals surface area contributed by atoms with Crippen molar-refractivity contribution < 1.29 is 25.2 Å². The van der Waals surface area contributed by atoms with E-state index in [1.165, 1.54) is 44.1 Å². The summed E-state index contributed by atoms with van der Waals surface area (Å²) >= 11 is 0. The van der Waals surface area contributed by atoms with Crippen molar-refractivity contribution in [1.82, 2.24) is 14.4 Å². The first-order valence-electron chi connectivity index (χ1n) is 15.4. The summed E-state index contributed by atoms with van der Waals surface area (Å²) in [5.74, 6) is 1.42. The number of rotatable bonds is 5. The fourth-order valence-corrected chi connectivity index (χ4v) is 5.88. The van der Waals surface area contributed by atoms with E-state index in [9.17, 15) is 5.11 Å². The zero-order chi connectivity index (χ0) is 31.1. The molecule has 0 aliphatic carbocycles. The summed E-state index contributed by atoms with van der Waals surface area (Å²) in [5, 5.41) is 13.0. The first-order valence-corrected chi connectivity index (χ1v) is 15.4. The van der Waals surface area contributed by atoms with Crippen LogP contribution in [0, 0.1) is 13.0 Å². The van der Waals surface area contributed by atoms with Crippen LogP contribution in [-0.2, 0) is 25.7 Å². The molecule has 0 saturated heterocycles. The van der Waals surface area contributed by atoms with Crippen molar-refractivity contribution in [3.63, 3.8) is 0 Å². The average molecular weight is 763 g/mol. The van der Waals surface area contributed by atoms with E-state index in [-0.39, 0.29) is 20.1 Å². The Bertz CT molecular complexity index is 1870. The van der Waals surface area contributed by atoms with Crippen molar-refractivity contribution in [3.05, 3.63) is 113 Å². The summed E-state index contributed by atoms with van der Waals surface area (Å²) in [6.07, 6.45) is 3.63. The van der Waals surface area contributed by atoms with Crippen LogP contribution in [0.4, 0.5) is 0 Å². The molecule has 3 aromatic heterocycles. The average Bonchev–Trinajstić information content (AvgIpc) is 3.38. The van der Waals surface area contributed by atoms with Gasteiger partial charge in [-0.25, -0.2) is 0 Å². The third-order valence-corrected chi connectivity index (χ3v) is 8.26. The van der Waals surface area contributed by atoms with Gasteiger partial charge in [0.05, 0.1) is 11.3 Å². The van der Waals surface area contributed by atoms with E-state index in [0.29, 0.717) is 23.4 Å². The summed E-state index contributed by atoms with van der Waals surface area (Å²) in [7, 11) is 0. The molecule has 0 saturated carbocycles. The second-order valence-corrected chi connectivity index (χ2v) is 13.1. The predicted octanol–water partition coefficient (Wildman–Crippen LogP) is 10.1. The van der Waals surface area contributed by atoms with Gasteiger partial charge < -0.3 is 9.51 Å². The number of aromatic nitrogens is 3. The van der Waals surface area contributed by atoms with E-state index >= 15 is 0 Å². The molecule has 231 valence electrons. The Hall–Kier alpha value is -3.37. The molecule has 0 bridgehead atoms. The van der Waals surface area contributed by atoms with Crippen molar-refractivity contribution in [2.24, 2.45) is 0 Å². The molecule has 0 unspecified atom stereocenters. The molecular formula is C39H44IrN3O-. The fraction of sp³-hybridized carbons (Fsp3) is 0.333. The molecular weight excluding hydrogens is 719 g/mol. The van der Waals surface area contributed by atoms with Crippen molar-refractivity contribution in [2.75, 3.05) is 0 Å². The van der Waals surface area contributed by atoms with Crippen LogP contribution < -0.4 is 0 Å². The molecule has 6 aromatic rings. The van der Waals surface area contributed by atoms with Crippen LogP contribution in [0.3, 0.4) is 0 Å². The van der Waals surface area contributed by atoms with Gasteiger partial charge in [-0.05, 0) is 89.9 Å². The minimum Gasteiger partial charge on any atom is -0.384 e. The first-order chi connectivity index (χ1) is 20.4. The molecule has 6 rings (SSSR count). The maximum Gasteiger partial charge on any atom is 0.101 e. The van der Waals surface area contributed by atoms with Crippen LogP contribution in [0.25, 0.3) is 38.4 Å². The molecule has 0 spiro atoms. The number of hydrogen-bond donors (Lipinski definition) is 1. The van der Waals surface area contributed by atoms with Crippen molar-refractivity contribution >= 4 is 27.3 Å². The quantitative estimate of drug-likeness (QED) is 0.141. The third kappa shape index (κ3) is 6.51. The van der Waals surface area contributed by atoms with Gasteiger partial charge in [-0.15, -0.1) is 29.7 Å². The minimum absolute atomic E-state index is 0. The Balaban J connectivity index is 0.000000344. The Morgan fingerprint density at radius 2 is 1.48 bits per heavy atom. The molecule has 0 atom stereocenters. The number of fused-ring (bicyclic) bond motifs is 6. The molecule has 4 nitrogen and oxygen atoms in total. The maximum atomic E-state index is 9.43. The summed E-state index contributed by atoms with van der Waals surface area (Å²) in [5.41, 5.74) is 10.2. The summed E-state index contributed by atoms with van der Waals surface area (Å²) in [6, 6.07) is 27.1. The number of aryl methyl sites for hydroxylation is 1. The molecule has 3 heterocycles. The number of imidazole rings is 1. The largest absolute Gasteiger partial charge is 0.384 e. The van der Waals surface area contributed by atoms with E-state index in [0.717, 1.165) is 16.7 Å². The van der Waals surface area contributed by atoms with Gasteiger partial charge >= 0.3 is 0 Å². The number of aliphatic hydroxyl groups is 1. The number of benzene rings is 3. The van der Waals surface area contributed by atoms with Gasteiger partial charge in [-0.2, -0.15) is 0 Å². The van der Waals surface area contributed by atoms with Crippen molar-refractivity contribution in [2.45, 2.75) is 85.7 Å². The van der Waals surface area contributed by atoms with Gasteiger partial charge in [0.25, 0.3) is 0 Å². The molecule has 44 heavy (non-hydrogen) atoms. The van der Waals surface area contributed by atoms with Gasteiger partial charge in [0.1, 0.15) is 5.60 Å². The monoisotopic (exact) mass is 763 g/mol. The summed E-state index contributed by atoms with van der Waals surface area (Å²) in [6.45, 7) is 19.4. The van der Waals surface area contributed by atoms with E-state index in [1.807, 2.05) is 24.4 Å². The van der Waals surface area contributed by atoms with E-state index in [4.69, 9.17) is 4.98 Å². The first kappa shape index (κ1) is 33.5. The van der Waals surface area contributed by atoms with Crippen LogP contribution >= 0.6 is 0 Å². The second kappa shape index (κ2) is 13.3. The molecule has 1 N–H and O–H groups in total. The molecule has 0 aliphatic rings. The summed E-state index contributed by atoms with van der Waals surface area (Å²) in [4.78, 5) is 8.71. The van der Waals surface area contributed by atoms with Crippen molar-refractivity contribution in [3.8, 4) is 11.1 Å². The Labute approximate surface area is 275 Å². The van der Waals surface area contributed by atoms with Crippen LogP contribution in [0.15, 0.2) is 79.1 Å². The third-order valence-electron chi connectivity index (χ3n) is 8.26. The Morgan fingerprint density at radius 1 is 0.795 bits per heavy atom. The molecule has 1 radical (unpaired) electrons. The van der Waals surface area contributed by atoms with Crippen LogP contribution in [0.2, 0.25) is 0 Å². The van der Waals surface area contributed by atoms with Gasteiger partial charge in [-0.1, -0.05) is 77.3 Å². The fourth-order valence-electron chi connectivity index (χ4n) is 5.88. The molecule has 0 amide bonds. The zero-order valence-corrected chi connectivity index (χ0v) is 29.8. The molecule has 0 fully saturated rings. The van der Waals surface area contributed by atoms with Gasteiger partial charge in [-0.3, -0.25) is 9.97 Å². The summed E-state index contributed by atoms with van der Waals surface area (Å²) < 4.78 is 2.27. The second-order valence-electron chi connectivity index (χ2n) is 13.1. The Kier molecular flexibility index (Phi) is 10.1. The molecule has 0 aliphatic heterocycles. The van der Waals surface area contributed by atoms with Crippen LogP contribution in [0.5, 0.6) is 0 Å². The van der Waals surface area contributed by atoms with Crippen molar-refractivity contribution in [1.29, 1.82) is 0 Å². The van der Waals surface area contributed by atoms with E-state index in [1.54, 1.807) is 26.1 Å². The Morgan fingerprint density at radius 3 is 2.02 bits per heavy atom. The van der Waals surface area contributed by atoms with Gasteiger partial charge in [0, 0.05) is 43.7 Å². The molecule has 3 aromatic carbocycles. The minimum atomic E-state index is -0.818. The van der Waals surface area contributed by atoms with E-state index < -0.39 is 5.60 Å². The molecule has 5 heteroatoms. The zero-order valence-electron chi connectivity index (χ0n) is 27.4. The van der Waals surface area contributed by atoms with Crippen LogP contribution in [-0.4, -0.2) is 19.5 Å². The van der Waals surface area contributed by atoms with Gasteiger partial charge in [0.2, 0.25) is 0 Å². The van der Waals surface area contributed by atoms with Crippen LogP contribution in [0.1, 0.15) is 101 Å². The number of hydrogen-bond acceptors (Lipinski definition) is 3. The smallest absolute Gasteiger partial charge is 0.101 e. The topological polar surface area (TPSA) is 50.4 Å². The number of pyridine rings is 2. The van der Waals surface area contributed by atoms with E-state index in [2.05, 4.69) is 106 Å².